The van der Waals surface area contributed by atoms with E-state index in [2.05, 4.69) is 224 Å². The summed E-state index contributed by atoms with van der Waals surface area (Å²) >= 11 is 1.79. The van der Waals surface area contributed by atoms with Crippen LogP contribution in [0.15, 0.2) is 224 Å². The first-order chi connectivity index (χ1) is 32.2. The van der Waals surface area contributed by atoms with Gasteiger partial charge in [-0.1, -0.05) is 188 Å². The standard InChI is InChI=1S/C61H37N3S/c1-2-12-38(13-3-1)44-28-24-40-25-29-45(36-48(40)35-44)46-30-27-42-17-10-21-53(55(42)37-46)59-62-60(54-22-11-20-52-51-19-8-9-23-56(51)65-58(52)54)64-61(63-59)57-49-18-7-6-15-41(49)32-33-50(57)47-31-26-39-14-4-5-16-43(39)34-47/h1-37H. The van der Waals surface area contributed by atoms with Crippen LogP contribution in [-0.2, 0) is 0 Å². The van der Waals surface area contributed by atoms with Gasteiger partial charge in [0.25, 0.3) is 0 Å². The molecule has 11 aromatic carbocycles. The van der Waals surface area contributed by atoms with E-state index in [1.807, 2.05) is 0 Å². The lowest BCUT2D eigenvalue weighted by molar-refractivity contribution is 1.08. The minimum absolute atomic E-state index is 0.634. The molecule has 0 aliphatic carbocycles. The molecule has 0 N–H and O–H groups in total. The molecule has 0 atom stereocenters. The average molecular weight is 844 g/mol. The van der Waals surface area contributed by atoms with Gasteiger partial charge in [0.05, 0.1) is 0 Å². The van der Waals surface area contributed by atoms with Crippen molar-refractivity contribution >= 4 is 74.6 Å². The van der Waals surface area contributed by atoms with Crippen molar-refractivity contribution in [3.05, 3.63) is 224 Å². The largest absolute Gasteiger partial charge is 0.208 e. The first-order valence-electron chi connectivity index (χ1n) is 22.0. The van der Waals surface area contributed by atoms with Gasteiger partial charge in [0.15, 0.2) is 17.5 Å². The molecule has 2 heterocycles. The van der Waals surface area contributed by atoms with E-state index in [1.54, 1.807) is 11.3 Å². The SMILES string of the molecule is c1ccc(-c2ccc3ccc(-c4ccc5cccc(-c6nc(-c7c(-c8ccc9ccccc9c8)ccc8ccccc78)nc(-c7cccc8c7sc7ccccc78)n6)c5c4)cc3c2)cc1. The second-order valence-electron chi connectivity index (χ2n) is 16.7. The highest BCUT2D eigenvalue weighted by atomic mass is 32.1. The Morgan fingerprint density at radius 2 is 0.785 bits per heavy atom. The van der Waals surface area contributed by atoms with Crippen molar-refractivity contribution in [2.45, 2.75) is 0 Å². The lowest BCUT2D eigenvalue weighted by Gasteiger charge is -2.16. The predicted octanol–water partition coefficient (Wildman–Crippen LogP) is 16.9. The zero-order valence-electron chi connectivity index (χ0n) is 35.1. The van der Waals surface area contributed by atoms with Crippen LogP contribution in [0.3, 0.4) is 0 Å². The average Bonchev–Trinajstić information content (AvgIpc) is 3.77. The van der Waals surface area contributed by atoms with Gasteiger partial charge < -0.3 is 0 Å². The fraction of sp³-hybridized carbons (Fsp3) is 0. The Kier molecular flexibility index (Phi) is 8.71. The second-order valence-corrected chi connectivity index (χ2v) is 17.8. The van der Waals surface area contributed by atoms with Crippen LogP contribution < -0.4 is 0 Å². The maximum absolute atomic E-state index is 5.53. The smallest absolute Gasteiger partial charge is 0.165 e. The summed E-state index contributed by atoms with van der Waals surface area (Å²) in [4.78, 5) is 16.5. The van der Waals surface area contributed by atoms with Crippen LogP contribution in [0.5, 0.6) is 0 Å². The van der Waals surface area contributed by atoms with E-state index < -0.39 is 0 Å². The molecule has 3 nitrogen and oxygen atoms in total. The summed E-state index contributed by atoms with van der Waals surface area (Å²) < 4.78 is 2.40. The summed E-state index contributed by atoms with van der Waals surface area (Å²) in [6.07, 6.45) is 0. The number of benzene rings is 11. The van der Waals surface area contributed by atoms with E-state index in [4.69, 9.17) is 15.0 Å². The highest BCUT2D eigenvalue weighted by Crippen LogP contribution is 2.43. The van der Waals surface area contributed by atoms with E-state index in [0.717, 1.165) is 65.2 Å². The Morgan fingerprint density at radius 1 is 0.262 bits per heavy atom. The maximum atomic E-state index is 5.53. The predicted molar refractivity (Wildman–Crippen MR) is 275 cm³/mol. The van der Waals surface area contributed by atoms with Crippen molar-refractivity contribution in [1.82, 2.24) is 15.0 Å². The van der Waals surface area contributed by atoms with Crippen molar-refractivity contribution in [2.24, 2.45) is 0 Å². The molecule has 2 aromatic heterocycles. The highest BCUT2D eigenvalue weighted by molar-refractivity contribution is 7.26. The Bertz CT molecular complexity index is 4020. The maximum Gasteiger partial charge on any atom is 0.165 e. The van der Waals surface area contributed by atoms with E-state index in [1.165, 1.54) is 48.1 Å². The van der Waals surface area contributed by atoms with E-state index in [0.29, 0.717) is 17.5 Å². The molecule has 0 aliphatic rings. The number of aromatic nitrogens is 3. The van der Waals surface area contributed by atoms with Gasteiger partial charge in [-0.2, -0.15) is 0 Å². The summed E-state index contributed by atoms with van der Waals surface area (Å²) in [5.74, 6) is 1.92. The summed E-state index contributed by atoms with van der Waals surface area (Å²) in [5.41, 5.74) is 9.83. The summed E-state index contributed by atoms with van der Waals surface area (Å²) in [6.45, 7) is 0. The third kappa shape index (κ3) is 6.46. The third-order valence-electron chi connectivity index (χ3n) is 12.9. The summed E-state index contributed by atoms with van der Waals surface area (Å²) in [5, 5.41) is 11.7. The van der Waals surface area contributed by atoms with Crippen LogP contribution in [0.4, 0.5) is 0 Å². The van der Waals surface area contributed by atoms with Crippen LogP contribution in [-0.4, -0.2) is 15.0 Å². The van der Waals surface area contributed by atoms with Gasteiger partial charge >= 0.3 is 0 Å². The van der Waals surface area contributed by atoms with E-state index in [-0.39, 0.29) is 0 Å². The fourth-order valence-electron chi connectivity index (χ4n) is 9.65. The molecule has 0 saturated carbocycles. The molecule has 65 heavy (non-hydrogen) atoms. The number of rotatable bonds is 6. The number of fused-ring (bicyclic) bond motifs is 7. The number of hydrogen-bond donors (Lipinski definition) is 0. The molecule has 0 amide bonds. The quantitative estimate of drug-likeness (QED) is 0.167. The van der Waals surface area contributed by atoms with Crippen molar-refractivity contribution in [1.29, 1.82) is 0 Å². The normalized spacial score (nSPS) is 11.7. The first kappa shape index (κ1) is 37.3. The third-order valence-corrected chi connectivity index (χ3v) is 14.1. The van der Waals surface area contributed by atoms with Gasteiger partial charge in [-0.15, -0.1) is 11.3 Å². The Hall–Kier alpha value is -8.31. The van der Waals surface area contributed by atoms with Crippen molar-refractivity contribution in [3.63, 3.8) is 0 Å². The molecular formula is C61H37N3S. The molecular weight excluding hydrogens is 807 g/mol. The zero-order valence-corrected chi connectivity index (χ0v) is 35.9. The molecule has 0 unspecified atom stereocenters. The van der Waals surface area contributed by atoms with Crippen LogP contribution in [0.1, 0.15) is 0 Å². The lowest BCUT2D eigenvalue weighted by atomic mass is 9.92. The van der Waals surface area contributed by atoms with E-state index >= 15 is 0 Å². The Balaban J connectivity index is 1.05. The summed E-state index contributed by atoms with van der Waals surface area (Å²) in [6, 6.07) is 80.7. The Morgan fingerprint density at radius 3 is 1.62 bits per heavy atom. The van der Waals surface area contributed by atoms with Crippen LogP contribution in [0.25, 0.3) is 131 Å². The van der Waals surface area contributed by atoms with Gasteiger partial charge in [0.2, 0.25) is 0 Å². The van der Waals surface area contributed by atoms with Crippen molar-refractivity contribution < 1.29 is 0 Å². The van der Waals surface area contributed by atoms with Gasteiger partial charge in [-0.25, -0.2) is 15.0 Å². The molecule has 0 aliphatic heterocycles. The zero-order chi connectivity index (χ0) is 42.8. The molecule has 0 radical (unpaired) electrons. The molecule has 0 fully saturated rings. The van der Waals surface area contributed by atoms with Gasteiger partial charge in [0.1, 0.15) is 0 Å². The minimum Gasteiger partial charge on any atom is -0.208 e. The number of nitrogens with zero attached hydrogens (tertiary/aromatic N) is 3. The van der Waals surface area contributed by atoms with Crippen LogP contribution >= 0.6 is 11.3 Å². The second kappa shape index (κ2) is 15.2. The Labute approximate surface area is 379 Å². The molecule has 302 valence electrons. The minimum atomic E-state index is 0.634. The van der Waals surface area contributed by atoms with Crippen molar-refractivity contribution in [3.8, 4) is 67.5 Å². The van der Waals surface area contributed by atoms with Gasteiger partial charge in [-0.05, 0) is 113 Å². The first-order valence-corrected chi connectivity index (χ1v) is 22.8. The number of thiophene rings is 1. The van der Waals surface area contributed by atoms with Crippen LogP contribution in [0.2, 0.25) is 0 Å². The topological polar surface area (TPSA) is 38.7 Å². The molecule has 13 aromatic rings. The molecule has 4 heteroatoms. The van der Waals surface area contributed by atoms with Crippen molar-refractivity contribution in [2.75, 3.05) is 0 Å². The van der Waals surface area contributed by atoms with Gasteiger partial charge in [-0.3, -0.25) is 0 Å². The molecule has 0 saturated heterocycles. The number of hydrogen-bond acceptors (Lipinski definition) is 4. The van der Waals surface area contributed by atoms with Crippen LogP contribution in [0, 0.1) is 0 Å². The van der Waals surface area contributed by atoms with E-state index in [9.17, 15) is 0 Å². The van der Waals surface area contributed by atoms with Gasteiger partial charge in [0, 0.05) is 36.9 Å². The lowest BCUT2D eigenvalue weighted by Crippen LogP contribution is -2.02. The monoisotopic (exact) mass is 843 g/mol. The highest BCUT2D eigenvalue weighted by Gasteiger charge is 2.21. The molecule has 13 rings (SSSR count). The fourth-order valence-corrected chi connectivity index (χ4v) is 10.9. The summed E-state index contributed by atoms with van der Waals surface area (Å²) in [7, 11) is 0. The molecule has 0 bridgehead atoms. The molecule has 0 spiro atoms.